The Kier molecular flexibility index (Phi) is 2.45. The summed E-state index contributed by atoms with van der Waals surface area (Å²) >= 11 is 0. The van der Waals surface area contributed by atoms with Crippen LogP contribution in [0.3, 0.4) is 0 Å². The van der Waals surface area contributed by atoms with Crippen LogP contribution < -0.4 is 5.32 Å². The highest BCUT2D eigenvalue weighted by Crippen LogP contribution is 2.40. The van der Waals surface area contributed by atoms with E-state index in [4.69, 9.17) is 14.3 Å². The van der Waals surface area contributed by atoms with Crippen molar-refractivity contribution in [2.45, 2.75) is 24.8 Å². The zero-order chi connectivity index (χ0) is 11.9. The zero-order valence-electron chi connectivity index (χ0n) is 9.49. The number of rotatable bonds is 1. The number of aromatic carboxylic acids is 1. The van der Waals surface area contributed by atoms with Crippen LogP contribution in [-0.2, 0) is 16.7 Å². The fourth-order valence-electron chi connectivity index (χ4n) is 2.80. The van der Waals surface area contributed by atoms with E-state index in [1.807, 2.05) is 0 Å². The molecular formula is C12H15NO4. The molecule has 0 radical (unpaired) electrons. The van der Waals surface area contributed by atoms with Gasteiger partial charge < -0.3 is 19.6 Å². The van der Waals surface area contributed by atoms with Crippen LogP contribution in [0.2, 0.25) is 0 Å². The number of nitrogens with one attached hydrogen (secondary N) is 1. The molecule has 3 heterocycles. The number of hydrogen-bond donors (Lipinski definition) is 2. The van der Waals surface area contributed by atoms with Crippen molar-refractivity contribution in [3.63, 3.8) is 0 Å². The van der Waals surface area contributed by atoms with Crippen LogP contribution in [0.1, 0.15) is 34.7 Å². The normalized spacial score (nSPS) is 22.4. The lowest BCUT2D eigenvalue weighted by atomic mass is 9.75. The van der Waals surface area contributed by atoms with Crippen molar-refractivity contribution < 1.29 is 19.1 Å². The van der Waals surface area contributed by atoms with E-state index in [0.29, 0.717) is 19.8 Å². The molecule has 17 heavy (non-hydrogen) atoms. The summed E-state index contributed by atoms with van der Waals surface area (Å²) in [5.74, 6) is -0.0943. The first-order valence-corrected chi connectivity index (χ1v) is 5.86. The van der Waals surface area contributed by atoms with Gasteiger partial charge >= 0.3 is 5.97 Å². The molecule has 0 atom stereocenters. The fourth-order valence-corrected chi connectivity index (χ4v) is 2.80. The van der Waals surface area contributed by atoms with Crippen molar-refractivity contribution in [2.24, 2.45) is 0 Å². The molecule has 1 saturated heterocycles. The number of hydrogen-bond acceptors (Lipinski definition) is 4. The maximum absolute atomic E-state index is 11.0. The van der Waals surface area contributed by atoms with Gasteiger partial charge in [0.15, 0.2) is 0 Å². The van der Waals surface area contributed by atoms with Crippen molar-refractivity contribution in [1.29, 1.82) is 0 Å². The molecule has 1 aromatic heterocycles. The second kappa shape index (κ2) is 3.85. The highest BCUT2D eigenvalue weighted by Gasteiger charge is 2.42. The van der Waals surface area contributed by atoms with Crippen molar-refractivity contribution in [3.05, 3.63) is 23.2 Å². The van der Waals surface area contributed by atoms with Crippen LogP contribution in [0.4, 0.5) is 0 Å². The molecule has 0 saturated carbocycles. The Labute approximate surface area is 98.8 Å². The van der Waals surface area contributed by atoms with Crippen LogP contribution in [-0.4, -0.2) is 30.8 Å². The maximum atomic E-state index is 11.0. The van der Waals surface area contributed by atoms with Gasteiger partial charge in [0.05, 0.1) is 0 Å². The number of furan rings is 1. The molecule has 2 aliphatic rings. The smallest absolute Gasteiger partial charge is 0.371 e. The minimum absolute atomic E-state index is 0.0459. The van der Waals surface area contributed by atoms with Gasteiger partial charge in [-0.05, 0) is 18.9 Å². The van der Waals surface area contributed by atoms with Crippen LogP contribution in [0.5, 0.6) is 0 Å². The fraction of sp³-hybridized carbons (Fsp3) is 0.583. The number of ether oxygens (including phenoxy) is 1. The van der Waals surface area contributed by atoms with Gasteiger partial charge in [-0.2, -0.15) is 0 Å². The molecule has 0 aliphatic carbocycles. The quantitative estimate of drug-likeness (QED) is 0.766. The first-order valence-electron chi connectivity index (χ1n) is 5.86. The lowest BCUT2D eigenvalue weighted by Crippen LogP contribution is -2.46. The molecule has 92 valence electrons. The monoisotopic (exact) mass is 237 g/mol. The predicted octanol–water partition coefficient (Wildman–Crippen LogP) is 1.13. The molecule has 5 nitrogen and oxygen atoms in total. The summed E-state index contributed by atoms with van der Waals surface area (Å²) in [5.41, 5.74) is 0.912. The lowest BCUT2D eigenvalue weighted by Gasteiger charge is -2.39. The Morgan fingerprint density at radius 2 is 2.18 bits per heavy atom. The predicted molar refractivity (Wildman–Crippen MR) is 59.1 cm³/mol. The summed E-state index contributed by atoms with van der Waals surface area (Å²) in [6, 6.07) is 1.64. The highest BCUT2D eigenvalue weighted by molar-refractivity contribution is 5.84. The van der Waals surface area contributed by atoms with Crippen LogP contribution in [0.25, 0.3) is 0 Å². The van der Waals surface area contributed by atoms with E-state index in [0.717, 1.165) is 30.7 Å². The average molecular weight is 237 g/mol. The second-order valence-corrected chi connectivity index (χ2v) is 4.77. The summed E-state index contributed by atoms with van der Waals surface area (Å²) in [6.07, 6.45) is 1.78. The Bertz CT molecular complexity index is 445. The van der Waals surface area contributed by atoms with Gasteiger partial charge in [0.25, 0.3) is 0 Å². The Balaban J connectivity index is 2.03. The number of carbonyl (C=O) groups is 1. The number of carboxylic acid groups (broad SMARTS) is 1. The molecule has 2 aliphatic heterocycles. The molecule has 1 spiro atoms. The number of fused-ring (bicyclic) bond motifs is 2. The van der Waals surface area contributed by atoms with Crippen LogP contribution >= 0.6 is 0 Å². The summed E-state index contributed by atoms with van der Waals surface area (Å²) in [4.78, 5) is 11.0. The molecular weight excluding hydrogens is 222 g/mol. The van der Waals surface area contributed by atoms with Crippen LogP contribution in [0.15, 0.2) is 10.5 Å². The van der Waals surface area contributed by atoms with Gasteiger partial charge in [-0.25, -0.2) is 4.79 Å². The molecule has 1 fully saturated rings. The second-order valence-electron chi connectivity index (χ2n) is 4.77. The van der Waals surface area contributed by atoms with Gasteiger partial charge in [-0.15, -0.1) is 0 Å². The largest absolute Gasteiger partial charge is 0.475 e. The molecule has 2 N–H and O–H groups in total. The third kappa shape index (κ3) is 1.66. The summed E-state index contributed by atoms with van der Waals surface area (Å²) in [5, 5.41) is 12.3. The minimum atomic E-state index is -0.999. The molecule has 3 rings (SSSR count). The van der Waals surface area contributed by atoms with Gasteiger partial charge in [0.1, 0.15) is 5.76 Å². The maximum Gasteiger partial charge on any atom is 0.371 e. The van der Waals surface area contributed by atoms with E-state index in [-0.39, 0.29) is 11.2 Å². The van der Waals surface area contributed by atoms with Gasteiger partial charge in [0.2, 0.25) is 5.76 Å². The number of carboxylic acids is 1. The summed E-state index contributed by atoms with van der Waals surface area (Å²) in [7, 11) is 0. The minimum Gasteiger partial charge on any atom is -0.475 e. The Morgan fingerprint density at radius 1 is 1.41 bits per heavy atom. The molecule has 0 aromatic carbocycles. The van der Waals surface area contributed by atoms with Crippen molar-refractivity contribution >= 4 is 5.97 Å². The lowest BCUT2D eigenvalue weighted by molar-refractivity contribution is 0.0373. The molecule has 5 heteroatoms. The first kappa shape index (κ1) is 10.8. The molecule has 0 amide bonds. The van der Waals surface area contributed by atoms with E-state index in [9.17, 15) is 4.79 Å². The molecule has 1 aromatic rings. The zero-order valence-corrected chi connectivity index (χ0v) is 9.49. The van der Waals surface area contributed by atoms with E-state index < -0.39 is 5.97 Å². The highest BCUT2D eigenvalue weighted by atomic mass is 16.5. The third-order valence-electron chi connectivity index (χ3n) is 3.73. The van der Waals surface area contributed by atoms with Crippen molar-refractivity contribution in [1.82, 2.24) is 5.32 Å². The molecule has 0 unspecified atom stereocenters. The third-order valence-corrected chi connectivity index (χ3v) is 3.73. The average Bonchev–Trinajstić information content (AvgIpc) is 2.76. The van der Waals surface area contributed by atoms with E-state index >= 15 is 0 Å². The SMILES string of the molecule is O=C(O)c1cc2c(o1)C1(CCOCC1)CNC2. The van der Waals surface area contributed by atoms with E-state index in [2.05, 4.69) is 5.32 Å². The van der Waals surface area contributed by atoms with Gasteiger partial charge in [-0.3, -0.25) is 0 Å². The Morgan fingerprint density at radius 3 is 2.88 bits per heavy atom. The van der Waals surface area contributed by atoms with Gasteiger partial charge in [-0.1, -0.05) is 0 Å². The topological polar surface area (TPSA) is 71.7 Å². The van der Waals surface area contributed by atoms with Crippen LogP contribution in [0, 0.1) is 0 Å². The molecule has 0 bridgehead atoms. The van der Waals surface area contributed by atoms with E-state index in [1.54, 1.807) is 6.07 Å². The summed E-state index contributed by atoms with van der Waals surface area (Å²) in [6.45, 7) is 2.96. The van der Waals surface area contributed by atoms with Crippen molar-refractivity contribution in [2.75, 3.05) is 19.8 Å². The summed E-state index contributed by atoms with van der Waals surface area (Å²) < 4.78 is 10.9. The standard InChI is InChI=1S/C12H15NO4/c14-11(15)9-5-8-6-13-7-12(10(8)17-9)1-3-16-4-2-12/h5,13H,1-4,6-7H2,(H,14,15). The van der Waals surface area contributed by atoms with Crippen molar-refractivity contribution in [3.8, 4) is 0 Å². The van der Waals surface area contributed by atoms with E-state index in [1.165, 1.54) is 0 Å². The first-order chi connectivity index (χ1) is 8.21. The Hall–Kier alpha value is -1.33. The van der Waals surface area contributed by atoms with Gasteiger partial charge in [0, 0.05) is 37.3 Å².